The standard InChI is InChI=1S/C28H27N3O3/c1-18-8-7-9-19(2)27(18)30-26(32)17-31(3)28(33)23-16-25(20-12-14-21(34-4)15-13-20)29-24-11-6-5-10-22(23)24/h5-16H,17H2,1-4H3,(H,30,32). The predicted octanol–water partition coefficient (Wildman–Crippen LogP) is 5.24. The molecule has 6 heteroatoms. The van der Waals surface area contributed by atoms with E-state index in [1.165, 1.54) is 4.90 Å². The Morgan fingerprint density at radius 2 is 1.62 bits per heavy atom. The van der Waals surface area contributed by atoms with Gasteiger partial charge in [0.05, 0.1) is 30.4 Å². The van der Waals surface area contributed by atoms with Crippen molar-refractivity contribution in [1.29, 1.82) is 0 Å². The smallest absolute Gasteiger partial charge is 0.254 e. The number of benzene rings is 3. The molecule has 2 amide bonds. The number of carbonyl (C=O) groups excluding carboxylic acids is 2. The number of anilines is 1. The summed E-state index contributed by atoms with van der Waals surface area (Å²) in [4.78, 5) is 32.4. The highest BCUT2D eigenvalue weighted by Crippen LogP contribution is 2.27. The molecule has 0 saturated carbocycles. The van der Waals surface area contributed by atoms with Gasteiger partial charge in [0.15, 0.2) is 0 Å². The minimum Gasteiger partial charge on any atom is -0.497 e. The fourth-order valence-electron chi connectivity index (χ4n) is 3.95. The Morgan fingerprint density at radius 3 is 2.29 bits per heavy atom. The molecule has 0 aliphatic carbocycles. The normalized spacial score (nSPS) is 10.7. The third-order valence-electron chi connectivity index (χ3n) is 5.81. The van der Waals surface area contributed by atoms with Gasteiger partial charge >= 0.3 is 0 Å². The SMILES string of the molecule is COc1ccc(-c2cc(C(=O)N(C)CC(=O)Nc3c(C)cccc3C)c3ccccc3n2)cc1. The Kier molecular flexibility index (Phi) is 6.59. The molecule has 0 aliphatic heterocycles. The molecule has 0 aliphatic rings. The number of nitrogens with one attached hydrogen (secondary N) is 1. The molecule has 0 fully saturated rings. The summed E-state index contributed by atoms with van der Waals surface area (Å²) in [6.07, 6.45) is 0. The topological polar surface area (TPSA) is 71.5 Å². The highest BCUT2D eigenvalue weighted by atomic mass is 16.5. The van der Waals surface area contributed by atoms with E-state index in [4.69, 9.17) is 9.72 Å². The molecular weight excluding hydrogens is 426 g/mol. The van der Waals surface area contributed by atoms with E-state index in [-0.39, 0.29) is 18.4 Å². The van der Waals surface area contributed by atoms with Gasteiger partial charge in [0.1, 0.15) is 5.75 Å². The summed E-state index contributed by atoms with van der Waals surface area (Å²) >= 11 is 0. The van der Waals surface area contributed by atoms with Crippen molar-refractivity contribution in [2.45, 2.75) is 13.8 Å². The number of rotatable bonds is 6. The van der Waals surface area contributed by atoms with Gasteiger partial charge in [-0.2, -0.15) is 0 Å². The first kappa shape index (κ1) is 23.0. The van der Waals surface area contributed by atoms with Gasteiger partial charge in [-0.3, -0.25) is 9.59 Å². The van der Waals surface area contributed by atoms with Crippen LogP contribution in [0.25, 0.3) is 22.2 Å². The Hall–Kier alpha value is -4.19. The number of hydrogen-bond donors (Lipinski definition) is 1. The van der Waals surface area contributed by atoms with Crippen LogP contribution < -0.4 is 10.1 Å². The van der Waals surface area contributed by atoms with Crippen molar-refractivity contribution in [3.8, 4) is 17.0 Å². The van der Waals surface area contributed by atoms with Crippen molar-refractivity contribution in [2.75, 3.05) is 26.0 Å². The highest BCUT2D eigenvalue weighted by molar-refractivity contribution is 6.08. The number of para-hydroxylation sites is 2. The number of likely N-dealkylation sites (N-methyl/N-ethyl adjacent to an activating group) is 1. The first-order valence-electron chi connectivity index (χ1n) is 11.0. The predicted molar refractivity (Wildman–Crippen MR) is 135 cm³/mol. The van der Waals surface area contributed by atoms with E-state index in [9.17, 15) is 9.59 Å². The number of carbonyl (C=O) groups is 2. The molecule has 0 radical (unpaired) electrons. The zero-order valence-corrected chi connectivity index (χ0v) is 19.8. The van der Waals surface area contributed by atoms with Crippen molar-refractivity contribution in [2.24, 2.45) is 0 Å². The fraction of sp³-hybridized carbons (Fsp3) is 0.179. The summed E-state index contributed by atoms with van der Waals surface area (Å²) in [6.45, 7) is 3.82. The van der Waals surface area contributed by atoms with E-state index in [2.05, 4.69) is 5.32 Å². The van der Waals surface area contributed by atoms with E-state index < -0.39 is 0 Å². The lowest BCUT2D eigenvalue weighted by molar-refractivity contribution is -0.116. The third kappa shape index (κ3) is 4.76. The molecule has 1 aromatic heterocycles. The third-order valence-corrected chi connectivity index (χ3v) is 5.81. The molecule has 172 valence electrons. The Bertz CT molecular complexity index is 1340. The lowest BCUT2D eigenvalue weighted by atomic mass is 10.0. The van der Waals surface area contributed by atoms with Crippen LogP contribution in [0.15, 0.2) is 72.8 Å². The molecule has 4 aromatic rings. The minimum atomic E-state index is -0.248. The van der Waals surface area contributed by atoms with E-state index in [0.29, 0.717) is 16.8 Å². The van der Waals surface area contributed by atoms with E-state index in [0.717, 1.165) is 33.5 Å². The summed E-state index contributed by atoms with van der Waals surface area (Å²) in [6, 6.07) is 22.7. The van der Waals surface area contributed by atoms with Crippen LogP contribution >= 0.6 is 0 Å². The largest absolute Gasteiger partial charge is 0.497 e. The second kappa shape index (κ2) is 9.75. The average Bonchev–Trinajstić information content (AvgIpc) is 2.85. The summed E-state index contributed by atoms with van der Waals surface area (Å²) in [5.74, 6) is 0.252. The van der Waals surface area contributed by atoms with Crippen LogP contribution in [0, 0.1) is 13.8 Å². The molecule has 0 saturated heterocycles. The number of pyridine rings is 1. The molecule has 0 bridgehead atoms. The summed E-state index contributed by atoms with van der Waals surface area (Å²) in [5.41, 5.74) is 5.50. The van der Waals surface area contributed by atoms with Gasteiger partial charge in [-0.1, -0.05) is 36.4 Å². The monoisotopic (exact) mass is 453 g/mol. The first-order chi connectivity index (χ1) is 16.4. The van der Waals surface area contributed by atoms with Crippen molar-refractivity contribution in [1.82, 2.24) is 9.88 Å². The number of amides is 2. The van der Waals surface area contributed by atoms with Crippen LogP contribution in [-0.2, 0) is 4.79 Å². The van der Waals surface area contributed by atoms with Crippen molar-refractivity contribution in [3.63, 3.8) is 0 Å². The van der Waals surface area contributed by atoms with Gasteiger partial charge in [-0.05, 0) is 61.4 Å². The maximum atomic E-state index is 13.5. The number of ether oxygens (including phenoxy) is 1. The van der Waals surface area contributed by atoms with Crippen LogP contribution in [0.3, 0.4) is 0 Å². The zero-order chi connectivity index (χ0) is 24.2. The van der Waals surface area contributed by atoms with Crippen LogP contribution in [0.4, 0.5) is 5.69 Å². The van der Waals surface area contributed by atoms with Gasteiger partial charge in [0, 0.05) is 23.7 Å². The maximum absolute atomic E-state index is 13.5. The van der Waals surface area contributed by atoms with Gasteiger partial charge in [-0.15, -0.1) is 0 Å². The van der Waals surface area contributed by atoms with Gasteiger partial charge in [0.2, 0.25) is 5.91 Å². The van der Waals surface area contributed by atoms with E-state index >= 15 is 0 Å². The van der Waals surface area contributed by atoms with Crippen LogP contribution in [-0.4, -0.2) is 42.4 Å². The average molecular weight is 454 g/mol. The zero-order valence-electron chi connectivity index (χ0n) is 19.8. The molecule has 0 unspecified atom stereocenters. The number of aryl methyl sites for hydroxylation is 2. The lowest BCUT2D eigenvalue weighted by Gasteiger charge is -2.19. The van der Waals surface area contributed by atoms with Crippen molar-refractivity contribution < 1.29 is 14.3 Å². The van der Waals surface area contributed by atoms with Crippen LogP contribution in [0.2, 0.25) is 0 Å². The minimum absolute atomic E-state index is 0.0683. The Morgan fingerprint density at radius 1 is 0.941 bits per heavy atom. The van der Waals surface area contributed by atoms with Crippen LogP contribution in [0.1, 0.15) is 21.5 Å². The number of methoxy groups -OCH3 is 1. The fourth-order valence-corrected chi connectivity index (χ4v) is 3.95. The summed E-state index contributed by atoms with van der Waals surface area (Å²) in [5, 5.41) is 3.69. The molecule has 0 atom stereocenters. The van der Waals surface area contributed by atoms with E-state index in [1.807, 2.05) is 80.6 Å². The maximum Gasteiger partial charge on any atom is 0.254 e. The Labute approximate surface area is 199 Å². The van der Waals surface area contributed by atoms with Crippen molar-refractivity contribution in [3.05, 3.63) is 89.5 Å². The number of aromatic nitrogens is 1. The van der Waals surface area contributed by atoms with Gasteiger partial charge in [0.25, 0.3) is 5.91 Å². The molecular formula is C28H27N3O3. The number of nitrogens with zero attached hydrogens (tertiary/aromatic N) is 2. The second-order valence-electron chi connectivity index (χ2n) is 8.28. The number of hydrogen-bond acceptors (Lipinski definition) is 4. The highest BCUT2D eigenvalue weighted by Gasteiger charge is 2.20. The first-order valence-corrected chi connectivity index (χ1v) is 11.0. The molecule has 1 N–H and O–H groups in total. The quantitative estimate of drug-likeness (QED) is 0.434. The Balaban J connectivity index is 1.62. The van der Waals surface area contributed by atoms with E-state index in [1.54, 1.807) is 20.2 Å². The molecule has 0 spiro atoms. The van der Waals surface area contributed by atoms with Gasteiger partial charge in [-0.25, -0.2) is 4.98 Å². The van der Waals surface area contributed by atoms with Gasteiger partial charge < -0.3 is 15.0 Å². The number of fused-ring (bicyclic) bond motifs is 1. The molecule has 4 rings (SSSR count). The molecule has 34 heavy (non-hydrogen) atoms. The second-order valence-corrected chi connectivity index (χ2v) is 8.28. The lowest BCUT2D eigenvalue weighted by Crippen LogP contribution is -2.35. The van der Waals surface area contributed by atoms with Crippen LogP contribution in [0.5, 0.6) is 5.75 Å². The molecule has 3 aromatic carbocycles. The molecule has 6 nitrogen and oxygen atoms in total. The van der Waals surface area contributed by atoms with Crippen molar-refractivity contribution >= 4 is 28.4 Å². The molecule has 1 heterocycles. The summed E-state index contributed by atoms with van der Waals surface area (Å²) < 4.78 is 5.24. The summed E-state index contributed by atoms with van der Waals surface area (Å²) in [7, 11) is 3.25.